The lowest BCUT2D eigenvalue weighted by Crippen LogP contribution is -2.21. The molecule has 0 aromatic carbocycles. The second kappa shape index (κ2) is 7.41. The predicted molar refractivity (Wildman–Crippen MR) is 79.0 cm³/mol. The van der Waals surface area contributed by atoms with E-state index in [1.807, 2.05) is 18.8 Å². The maximum absolute atomic E-state index is 10.4. The van der Waals surface area contributed by atoms with Crippen molar-refractivity contribution < 1.29 is 9.84 Å². The van der Waals surface area contributed by atoms with Crippen LogP contribution in [0, 0.1) is 0 Å². The van der Waals surface area contributed by atoms with E-state index in [1.165, 1.54) is 0 Å². The summed E-state index contributed by atoms with van der Waals surface area (Å²) in [6.07, 6.45) is 5.09. The Labute approximate surface area is 125 Å². The van der Waals surface area contributed by atoms with E-state index >= 15 is 0 Å². The van der Waals surface area contributed by atoms with Crippen molar-refractivity contribution in [3.05, 3.63) is 16.9 Å². The number of hydrogen-bond acceptors (Lipinski definition) is 4. The van der Waals surface area contributed by atoms with E-state index in [1.54, 1.807) is 6.20 Å². The van der Waals surface area contributed by atoms with Crippen LogP contribution in [0.4, 0.5) is 0 Å². The van der Waals surface area contributed by atoms with Gasteiger partial charge >= 0.3 is 0 Å². The van der Waals surface area contributed by atoms with Crippen molar-refractivity contribution in [3.63, 3.8) is 0 Å². The maximum atomic E-state index is 10.4. The number of hydrogen-bond donors (Lipinski definition) is 1. The maximum Gasteiger partial charge on any atom is 0.0972 e. The molecule has 0 amide bonds. The lowest BCUT2D eigenvalue weighted by molar-refractivity contribution is 0.0787. The zero-order valence-electron chi connectivity index (χ0n) is 12.3. The summed E-state index contributed by atoms with van der Waals surface area (Å²) in [5.41, 5.74) is 0.728. The van der Waals surface area contributed by atoms with Gasteiger partial charge in [0.05, 0.1) is 35.7 Å². The third-order valence-corrected chi connectivity index (χ3v) is 3.99. The molecule has 114 valence electrons. The second-order valence-electron chi connectivity index (χ2n) is 5.63. The number of likely N-dealkylation sites (N-methyl/N-ethyl adjacent to an activating group) is 1. The number of rotatable bonds is 7. The average molecular weight is 302 g/mol. The predicted octanol–water partition coefficient (Wildman–Crippen LogP) is 2.09. The highest BCUT2D eigenvalue weighted by Crippen LogP contribution is 2.28. The van der Waals surface area contributed by atoms with Crippen LogP contribution in [0.5, 0.6) is 0 Å². The normalized spacial score (nSPS) is 20.8. The molecular formula is C14H24ClN3O2. The lowest BCUT2D eigenvalue weighted by atomic mass is 10.1. The van der Waals surface area contributed by atoms with Crippen molar-refractivity contribution in [2.45, 2.75) is 44.4 Å². The van der Waals surface area contributed by atoms with E-state index in [0.29, 0.717) is 17.5 Å². The first-order valence-electron chi connectivity index (χ1n) is 7.23. The van der Waals surface area contributed by atoms with E-state index in [-0.39, 0.29) is 0 Å². The Bertz CT molecular complexity index is 417. The number of aromatic nitrogens is 2. The van der Waals surface area contributed by atoms with E-state index in [4.69, 9.17) is 16.3 Å². The van der Waals surface area contributed by atoms with Crippen LogP contribution in [0.15, 0.2) is 6.20 Å². The third kappa shape index (κ3) is 4.19. The quantitative estimate of drug-likeness (QED) is 0.838. The van der Waals surface area contributed by atoms with Crippen molar-refractivity contribution in [3.8, 4) is 0 Å². The van der Waals surface area contributed by atoms with E-state index in [2.05, 4.69) is 10.00 Å². The van der Waals surface area contributed by atoms with Gasteiger partial charge in [0.1, 0.15) is 0 Å². The molecule has 0 aliphatic carbocycles. The third-order valence-electron chi connectivity index (χ3n) is 3.69. The van der Waals surface area contributed by atoms with Crippen molar-refractivity contribution >= 4 is 11.6 Å². The Balaban J connectivity index is 1.93. The summed E-state index contributed by atoms with van der Waals surface area (Å²) in [6, 6.07) is 0. The van der Waals surface area contributed by atoms with Crippen LogP contribution in [0.2, 0.25) is 5.02 Å². The van der Waals surface area contributed by atoms with Gasteiger partial charge < -0.3 is 14.7 Å². The topological polar surface area (TPSA) is 50.5 Å². The minimum Gasteiger partial charge on any atom is -0.387 e. The number of nitrogens with zero attached hydrogens (tertiary/aromatic N) is 3. The van der Waals surface area contributed by atoms with Crippen LogP contribution >= 0.6 is 11.6 Å². The van der Waals surface area contributed by atoms with Gasteiger partial charge in [-0.25, -0.2) is 0 Å². The molecule has 0 saturated carbocycles. The van der Waals surface area contributed by atoms with Gasteiger partial charge in [-0.2, -0.15) is 5.10 Å². The molecule has 1 aliphatic heterocycles. The zero-order chi connectivity index (χ0) is 14.5. The van der Waals surface area contributed by atoms with Crippen molar-refractivity contribution in [2.75, 3.05) is 27.2 Å². The second-order valence-corrected chi connectivity index (χ2v) is 6.04. The van der Waals surface area contributed by atoms with Crippen LogP contribution in [0.1, 0.15) is 37.5 Å². The first-order chi connectivity index (χ1) is 9.58. The molecule has 1 N–H and O–H groups in total. The van der Waals surface area contributed by atoms with Crippen LogP contribution in [-0.2, 0) is 11.3 Å². The Morgan fingerprint density at radius 2 is 2.40 bits per heavy atom. The van der Waals surface area contributed by atoms with Gasteiger partial charge in [-0.15, -0.1) is 0 Å². The minimum atomic E-state index is -0.573. The highest BCUT2D eigenvalue weighted by atomic mass is 35.5. The molecule has 0 radical (unpaired) electrons. The van der Waals surface area contributed by atoms with Crippen molar-refractivity contribution in [2.24, 2.45) is 0 Å². The largest absolute Gasteiger partial charge is 0.387 e. The summed E-state index contributed by atoms with van der Waals surface area (Å²) >= 11 is 6.16. The highest BCUT2D eigenvalue weighted by molar-refractivity contribution is 6.31. The van der Waals surface area contributed by atoms with Gasteiger partial charge in [0.25, 0.3) is 0 Å². The molecule has 1 fully saturated rings. The first kappa shape index (κ1) is 15.8. The van der Waals surface area contributed by atoms with Gasteiger partial charge in [-0.05, 0) is 39.8 Å². The monoisotopic (exact) mass is 301 g/mol. The number of aliphatic hydroxyl groups excluding tert-OH is 1. The summed E-state index contributed by atoms with van der Waals surface area (Å²) in [4.78, 5) is 2.08. The molecule has 1 aliphatic rings. The molecule has 5 nitrogen and oxygen atoms in total. The summed E-state index contributed by atoms with van der Waals surface area (Å²) in [5.74, 6) is 0. The van der Waals surface area contributed by atoms with Gasteiger partial charge in [0, 0.05) is 13.2 Å². The molecule has 2 heterocycles. The molecule has 1 aromatic heterocycles. The van der Waals surface area contributed by atoms with Gasteiger partial charge in [-0.1, -0.05) is 11.6 Å². The highest BCUT2D eigenvalue weighted by Gasteiger charge is 2.21. The summed E-state index contributed by atoms with van der Waals surface area (Å²) in [5, 5.41) is 15.2. The molecule has 20 heavy (non-hydrogen) atoms. The molecule has 1 aromatic rings. The van der Waals surface area contributed by atoms with Gasteiger partial charge in [-0.3, -0.25) is 4.68 Å². The standard InChI is InChI=1S/C14H24ClN3O2/c1-17(2)7-8-18-14(12(15)10-16-18)13(19)6-5-11-4-3-9-20-11/h10-11,13,19H,3-9H2,1-2H3. The number of aliphatic hydroxyl groups is 1. The minimum absolute atomic E-state index is 0.293. The van der Waals surface area contributed by atoms with Crippen LogP contribution < -0.4 is 0 Å². The molecule has 2 rings (SSSR count). The van der Waals surface area contributed by atoms with E-state index in [0.717, 1.165) is 44.7 Å². The number of halogens is 1. The Hall–Kier alpha value is -0.620. The zero-order valence-corrected chi connectivity index (χ0v) is 13.0. The van der Waals surface area contributed by atoms with Crippen molar-refractivity contribution in [1.29, 1.82) is 0 Å². The Morgan fingerprint density at radius 1 is 1.60 bits per heavy atom. The lowest BCUT2D eigenvalue weighted by Gasteiger charge is -2.17. The molecule has 2 unspecified atom stereocenters. The summed E-state index contributed by atoms with van der Waals surface area (Å²) in [6.45, 7) is 2.44. The molecule has 6 heteroatoms. The smallest absolute Gasteiger partial charge is 0.0972 e. The van der Waals surface area contributed by atoms with E-state index in [9.17, 15) is 5.11 Å². The Kier molecular flexibility index (Phi) is 5.84. The first-order valence-corrected chi connectivity index (χ1v) is 7.61. The summed E-state index contributed by atoms with van der Waals surface area (Å²) in [7, 11) is 4.03. The molecule has 1 saturated heterocycles. The van der Waals surface area contributed by atoms with Crippen LogP contribution in [0.3, 0.4) is 0 Å². The Morgan fingerprint density at radius 3 is 3.05 bits per heavy atom. The molecule has 0 bridgehead atoms. The summed E-state index contributed by atoms with van der Waals surface area (Å²) < 4.78 is 7.39. The number of ether oxygens (including phenoxy) is 1. The average Bonchev–Trinajstić information content (AvgIpc) is 3.03. The SMILES string of the molecule is CN(C)CCn1ncc(Cl)c1C(O)CCC1CCCO1. The van der Waals surface area contributed by atoms with Crippen LogP contribution in [0.25, 0.3) is 0 Å². The van der Waals surface area contributed by atoms with Gasteiger partial charge in [0.15, 0.2) is 0 Å². The molecular weight excluding hydrogens is 278 g/mol. The van der Waals surface area contributed by atoms with Crippen LogP contribution in [-0.4, -0.2) is 53.1 Å². The molecule has 0 spiro atoms. The fourth-order valence-electron chi connectivity index (χ4n) is 2.53. The van der Waals surface area contributed by atoms with E-state index < -0.39 is 6.10 Å². The van der Waals surface area contributed by atoms with Crippen molar-refractivity contribution in [1.82, 2.24) is 14.7 Å². The fourth-order valence-corrected chi connectivity index (χ4v) is 2.80. The fraction of sp³-hybridized carbons (Fsp3) is 0.786. The molecule has 2 atom stereocenters. The van der Waals surface area contributed by atoms with Gasteiger partial charge in [0.2, 0.25) is 0 Å².